The van der Waals surface area contributed by atoms with Crippen molar-refractivity contribution < 1.29 is 13.5 Å². The van der Waals surface area contributed by atoms with Gasteiger partial charge in [0.25, 0.3) is 0 Å². The molecule has 0 radical (unpaired) electrons. The van der Waals surface area contributed by atoms with Crippen LogP contribution in [0.25, 0.3) is 0 Å². The van der Waals surface area contributed by atoms with Gasteiger partial charge in [-0.05, 0) is 37.1 Å². The number of rotatable bonds is 5. The van der Waals surface area contributed by atoms with Crippen molar-refractivity contribution in [3.63, 3.8) is 0 Å². The third-order valence-electron chi connectivity index (χ3n) is 3.56. The molecule has 2 rings (SSSR count). The molecule has 0 aliphatic rings. The highest BCUT2D eigenvalue weighted by Crippen LogP contribution is 2.21. The molecule has 0 aliphatic heterocycles. The van der Waals surface area contributed by atoms with Crippen LogP contribution in [0.15, 0.2) is 36.4 Å². The molecule has 1 unspecified atom stereocenters. The number of nitrogens with one attached hydrogen (secondary N) is 1. The molecule has 0 spiro atoms. The van der Waals surface area contributed by atoms with Crippen molar-refractivity contribution in [1.82, 2.24) is 5.32 Å². The first-order valence-electron chi connectivity index (χ1n) is 6.83. The van der Waals surface area contributed by atoms with Gasteiger partial charge in [0.1, 0.15) is 5.82 Å². The van der Waals surface area contributed by atoms with E-state index in [1.165, 1.54) is 13.2 Å². The zero-order chi connectivity index (χ0) is 15.4. The molecule has 21 heavy (non-hydrogen) atoms. The first kappa shape index (κ1) is 15.4. The number of ether oxygens (including phenoxy) is 1. The Balaban J connectivity index is 2.07. The van der Waals surface area contributed by atoms with Gasteiger partial charge in [0.15, 0.2) is 11.6 Å². The van der Waals surface area contributed by atoms with Crippen molar-refractivity contribution in [2.75, 3.05) is 7.11 Å². The number of halogens is 2. The Labute approximate surface area is 123 Å². The summed E-state index contributed by atoms with van der Waals surface area (Å²) in [6, 6.07) is 10.1. The predicted octanol–water partition coefficient (Wildman–Crippen LogP) is 4.13. The van der Waals surface area contributed by atoms with Crippen LogP contribution >= 0.6 is 0 Å². The van der Waals surface area contributed by atoms with Gasteiger partial charge in [-0.2, -0.15) is 0 Å². The molecule has 0 amide bonds. The second-order valence-electron chi connectivity index (χ2n) is 5.04. The van der Waals surface area contributed by atoms with Crippen molar-refractivity contribution in [2.24, 2.45) is 0 Å². The molecule has 0 heterocycles. The topological polar surface area (TPSA) is 21.3 Å². The lowest BCUT2D eigenvalue weighted by Crippen LogP contribution is -2.19. The monoisotopic (exact) mass is 291 g/mol. The van der Waals surface area contributed by atoms with Crippen LogP contribution in [-0.2, 0) is 6.54 Å². The molecule has 112 valence electrons. The van der Waals surface area contributed by atoms with Crippen LogP contribution in [0, 0.1) is 18.6 Å². The molecule has 1 atom stereocenters. The van der Waals surface area contributed by atoms with E-state index in [1.54, 1.807) is 31.2 Å². The molecule has 0 saturated heterocycles. The summed E-state index contributed by atoms with van der Waals surface area (Å²) in [5, 5.41) is 3.19. The molecule has 0 saturated carbocycles. The van der Waals surface area contributed by atoms with Crippen molar-refractivity contribution in [3.05, 3.63) is 64.7 Å². The van der Waals surface area contributed by atoms with Gasteiger partial charge in [-0.25, -0.2) is 8.78 Å². The fourth-order valence-electron chi connectivity index (χ4n) is 2.11. The van der Waals surface area contributed by atoms with Gasteiger partial charge in [-0.3, -0.25) is 0 Å². The summed E-state index contributed by atoms with van der Waals surface area (Å²) in [4.78, 5) is 0. The van der Waals surface area contributed by atoms with E-state index >= 15 is 0 Å². The molecule has 2 aromatic carbocycles. The number of aryl methyl sites for hydroxylation is 1. The van der Waals surface area contributed by atoms with E-state index in [2.05, 4.69) is 5.32 Å². The van der Waals surface area contributed by atoms with E-state index in [1.807, 2.05) is 13.0 Å². The average molecular weight is 291 g/mol. The Morgan fingerprint density at radius 2 is 1.95 bits per heavy atom. The van der Waals surface area contributed by atoms with Crippen molar-refractivity contribution in [1.29, 1.82) is 0 Å². The van der Waals surface area contributed by atoms with Gasteiger partial charge < -0.3 is 10.1 Å². The van der Waals surface area contributed by atoms with Crippen LogP contribution in [0.2, 0.25) is 0 Å². The minimum atomic E-state index is -0.366. The SMILES string of the molecule is COc1cccc(CNC(C)c2ccc(C)c(F)c2)c1F. The zero-order valence-corrected chi connectivity index (χ0v) is 12.4. The molecule has 2 aromatic rings. The van der Waals surface area contributed by atoms with Crippen LogP contribution < -0.4 is 10.1 Å². The summed E-state index contributed by atoms with van der Waals surface area (Å²) >= 11 is 0. The third kappa shape index (κ3) is 3.58. The summed E-state index contributed by atoms with van der Waals surface area (Å²) in [6.07, 6.45) is 0. The first-order valence-corrected chi connectivity index (χ1v) is 6.83. The maximum Gasteiger partial charge on any atom is 0.169 e. The minimum absolute atomic E-state index is 0.0781. The molecule has 4 heteroatoms. The Morgan fingerprint density at radius 3 is 2.62 bits per heavy atom. The normalized spacial score (nSPS) is 12.2. The van der Waals surface area contributed by atoms with E-state index in [0.29, 0.717) is 17.7 Å². The van der Waals surface area contributed by atoms with Gasteiger partial charge in [0.2, 0.25) is 0 Å². The van der Waals surface area contributed by atoms with Crippen LogP contribution in [-0.4, -0.2) is 7.11 Å². The van der Waals surface area contributed by atoms with Gasteiger partial charge >= 0.3 is 0 Å². The minimum Gasteiger partial charge on any atom is -0.494 e. The fraction of sp³-hybridized carbons (Fsp3) is 0.294. The molecular formula is C17H19F2NO. The van der Waals surface area contributed by atoms with E-state index in [9.17, 15) is 8.78 Å². The molecule has 2 nitrogen and oxygen atoms in total. The maximum absolute atomic E-state index is 14.0. The molecule has 0 aromatic heterocycles. The highest BCUT2D eigenvalue weighted by atomic mass is 19.1. The largest absolute Gasteiger partial charge is 0.494 e. The standard InChI is InChI=1S/C17H19F2NO/c1-11-7-8-13(9-15(11)18)12(2)20-10-14-5-4-6-16(21-3)17(14)19/h4-9,12,20H,10H2,1-3H3. The summed E-state index contributed by atoms with van der Waals surface area (Å²) in [5.74, 6) is -0.369. The van der Waals surface area contributed by atoms with Crippen LogP contribution in [0.1, 0.15) is 29.7 Å². The summed E-state index contributed by atoms with van der Waals surface area (Å²) in [5.41, 5.74) is 1.97. The molecule has 1 N–H and O–H groups in total. The number of hydrogen-bond acceptors (Lipinski definition) is 2. The number of methoxy groups -OCH3 is 1. The second kappa shape index (κ2) is 6.68. The Hall–Kier alpha value is -1.94. The van der Waals surface area contributed by atoms with Crippen molar-refractivity contribution >= 4 is 0 Å². The van der Waals surface area contributed by atoms with Gasteiger partial charge in [0, 0.05) is 18.2 Å². The first-order chi connectivity index (χ1) is 10.0. The lowest BCUT2D eigenvalue weighted by atomic mass is 10.1. The lowest BCUT2D eigenvalue weighted by molar-refractivity contribution is 0.382. The number of benzene rings is 2. The van der Waals surface area contributed by atoms with E-state index in [-0.39, 0.29) is 23.4 Å². The smallest absolute Gasteiger partial charge is 0.169 e. The Morgan fingerprint density at radius 1 is 1.19 bits per heavy atom. The van der Waals surface area contributed by atoms with E-state index < -0.39 is 0 Å². The molecule has 0 fully saturated rings. The summed E-state index contributed by atoms with van der Waals surface area (Å²) < 4.78 is 32.5. The van der Waals surface area contributed by atoms with Crippen molar-refractivity contribution in [2.45, 2.75) is 26.4 Å². The van der Waals surface area contributed by atoms with E-state index in [4.69, 9.17) is 4.74 Å². The van der Waals surface area contributed by atoms with Gasteiger partial charge in [-0.15, -0.1) is 0 Å². The van der Waals surface area contributed by atoms with Crippen LogP contribution in [0.4, 0.5) is 8.78 Å². The third-order valence-corrected chi connectivity index (χ3v) is 3.56. The van der Waals surface area contributed by atoms with E-state index in [0.717, 1.165) is 5.56 Å². The van der Waals surface area contributed by atoms with Crippen LogP contribution in [0.3, 0.4) is 0 Å². The number of hydrogen-bond donors (Lipinski definition) is 1. The summed E-state index contributed by atoms with van der Waals surface area (Å²) in [6.45, 7) is 3.99. The highest BCUT2D eigenvalue weighted by molar-refractivity contribution is 5.31. The molecule has 0 aliphatic carbocycles. The maximum atomic E-state index is 14.0. The van der Waals surface area contributed by atoms with Crippen LogP contribution in [0.5, 0.6) is 5.75 Å². The lowest BCUT2D eigenvalue weighted by Gasteiger charge is -2.16. The second-order valence-corrected chi connectivity index (χ2v) is 5.04. The Bertz CT molecular complexity index is 628. The zero-order valence-electron chi connectivity index (χ0n) is 12.4. The Kier molecular flexibility index (Phi) is 4.91. The summed E-state index contributed by atoms with van der Waals surface area (Å²) in [7, 11) is 1.44. The van der Waals surface area contributed by atoms with Gasteiger partial charge in [-0.1, -0.05) is 24.3 Å². The quantitative estimate of drug-likeness (QED) is 0.894. The average Bonchev–Trinajstić information content (AvgIpc) is 2.48. The van der Waals surface area contributed by atoms with Crippen molar-refractivity contribution in [3.8, 4) is 5.75 Å². The molecule has 0 bridgehead atoms. The highest BCUT2D eigenvalue weighted by Gasteiger charge is 2.11. The molecular weight excluding hydrogens is 272 g/mol. The fourth-order valence-corrected chi connectivity index (χ4v) is 2.11. The predicted molar refractivity (Wildman–Crippen MR) is 79.3 cm³/mol. The van der Waals surface area contributed by atoms with Gasteiger partial charge in [0.05, 0.1) is 7.11 Å².